The molecule has 1 amide bonds. The highest BCUT2D eigenvalue weighted by Gasteiger charge is 2.27. The maximum Gasteiger partial charge on any atom is 0.276 e. The summed E-state index contributed by atoms with van der Waals surface area (Å²) in [5, 5.41) is 7.47. The van der Waals surface area contributed by atoms with Crippen LogP contribution < -0.4 is 10.0 Å². The van der Waals surface area contributed by atoms with Gasteiger partial charge in [0.25, 0.3) is 5.91 Å². The van der Waals surface area contributed by atoms with E-state index in [4.69, 9.17) is 0 Å². The average molecular weight is 410 g/mol. The minimum Gasteiger partial charge on any atom is -0.321 e. The van der Waals surface area contributed by atoms with Crippen LogP contribution in [0.2, 0.25) is 0 Å². The van der Waals surface area contributed by atoms with Crippen molar-refractivity contribution in [1.82, 2.24) is 9.78 Å². The van der Waals surface area contributed by atoms with Gasteiger partial charge in [0.05, 0.1) is 11.9 Å². The minimum atomic E-state index is -3.34. The molecule has 150 valence electrons. The number of anilines is 2. The van der Waals surface area contributed by atoms with Gasteiger partial charge in [-0.2, -0.15) is 5.10 Å². The summed E-state index contributed by atoms with van der Waals surface area (Å²) in [7, 11) is -3.34. The number of amides is 1. The van der Waals surface area contributed by atoms with Gasteiger partial charge in [0, 0.05) is 22.6 Å². The third-order valence-electron chi connectivity index (χ3n) is 4.87. The Hall–Kier alpha value is -3.13. The van der Waals surface area contributed by atoms with E-state index >= 15 is 0 Å². The normalized spacial score (nSPS) is 13.2. The van der Waals surface area contributed by atoms with Crippen molar-refractivity contribution >= 4 is 27.3 Å². The molecular formula is C21H22N4O3S. The molecule has 0 atom stereocenters. The average Bonchev–Trinajstić information content (AvgIpc) is 3.25. The first-order valence-corrected chi connectivity index (χ1v) is 11.3. The monoisotopic (exact) mass is 410 g/mol. The van der Waals surface area contributed by atoms with Crippen molar-refractivity contribution in [1.29, 1.82) is 0 Å². The number of benzene rings is 2. The molecule has 1 aromatic heterocycles. The zero-order chi connectivity index (χ0) is 20.6. The molecule has 0 bridgehead atoms. The van der Waals surface area contributed by atoms with Gasteiger partial charge in [0.15, 0.2) is 5.69 Å². The molecule has 3 aromatic rings. The molecule has 0 saturated heterocycles. The second kappa shape index (κ2) is 7.36. The standard InChI is InChI=1S/C21H22N4O3S/c1-14-6-12-17(13-7-14)25-19-5-3-4-18(19)20(23-25)21(26)22-15-8-10-16(11-9-15)24-29(2,27)28/h6-13,24H,3-5H2,1-2H3,(H,22,26). The highest BCUT2D eigenvalue weighted by Crippen LogP contribution is 2.28. The van der Waals surface area contributed by atoms with E-state index in [0.29, 0.717) is 17.1 Å². The summed E-state index contributed by atoms with van der Waals surface area (Å²) in [5.41, 5.74) is 5.66. The number of carbonyl (C=O) groups excluding carboxylic acids is 1. The summed E-state index contributed by atoms with van der Waals surface area (Å²) in [5.74, 6) is -0.266. The van der Waals surface area contributed by atoms with E-state index in [9.17, 15) is 13.2 Å². The molecule has 1 heterocycles. The number of nitrogens with one attached hydrogen (secondary N) is 2. The molecule has 4 rings (SSSR count). The number of aryl methyl sites for hydroxylation is 1. The van der Waals surface area contributed by atoms with E-state index in [-0.39, 0.29) is 5.91 Å². The number of rotatable bonds is 5. The lowest BCUT2D eigenvalue weighted by Gasteiger charge is -2.07. The molecule has 29 heavy (non-hydrogen) atoms. The maximum absolute atomic E-state index is 12.9. The van der Waals surface area contributed by atoms with Crippen LogP contribution in [0.1, 0.15) is 33.7 Å². The summed E-state index contributed by atoms with van der Waals surface area (Å²) >= 11 is 0. The first kappa shape index (κ1) is 19.2. The van der Waals surface area contributed by atoms with Crippen molar-refractivity contribution in [3.63, 3.8) is 0 Å². The highest BCUT2D eigenvalue weighted by molar-refractivity contribution is 7.92. The maximum atomic E-state index is 12.9. The molecule has 1 aliphatic rings. The van der Waals surface area contributed by atoms with E-state index in [1.165, 1.54) is 5.56 Å². The summed E-state index contributed by atoms with van der Waals surface area (Å²) in [6.07, 6.45) is 3.83. The number of fused-ring (bicyclic) bond motifs is 1. The molecule has 0 saturated carbocycles. The number of hydrogen-bond donors (Lipinski definition) is 2. The topological polar surface area (TPSA) is 93.1 Å². The Labute approximate surface area is 169 Å². The van der Waals surface area contributed by atoms with Crippen molar-refractivity contribution in [2.24, 2.45) is 0 Å². The van der Waals surface area contributed by atoms with E-state index < -0.39 is 10.0 Å². The van der Waals surface area contributed by atoms with Crippen LogP contribution in [0.3, 0.4) is 0 Å². The van der Waals surface area contributed by atoms with E-state index in [0.717, 1.165) is 42.5 Å². The van der Waals surface area contributed by atoms with Gasteiger partial charge in [0.2, 0.25) is 10.0 Å². The SMILES string of the molecule is Cc1ccc(-n2nc(C(=O)Nc3ccc(NS(C)(=O)=O)cc3)c3c2CCC3)cc1. The fourth-order valence-electron chi connectivity index (χ4n) is 3.55. The Bertz CT molecular complexity index is 1160. The fraction of sp³-hybridized carbons (Fsp3) is 0.238. The molecule has 2 aromatic carbocycles. The first-order chi connectivity index (χ1) is 13.8. The second-order valence-corrected chi connectivity index (χ2v) is 9.03. The van der Waals surface area contributed by atoms with Crippen molar-refractivity contribution in [2.75, 3.05) is 16.3 Å². The second-order valence-electron chi connectivity index (χ2n) is 7.28. The number of sulfonamides is 1. The van der Waals surface area contributed by atoms with Gasteiger partial charge in [-0.05, 0) is 62.6 Å². The van der Waals surface area contributed by atoms with Crippen molar-refractivity contribution < 1.29 is 13.2 Å². The van der Waals surface area contributed by atoms with Crippen LogP contribution in [0.15, 0.2) is 48.5 Å². The molecule has 8 heteroatoms. The Balaban J connectivity index is 1.58. The summed E-state index contributed by atoms with van der Waals surface area (Å²) in [6.45, 7) is 2.03. The van der Waals surface area contributed by atoms with Crippen molar-refractivity contribution in [2.45, 2.75) is 26.2 Å². The summed E-state index contributed by atoms with van der Waals surface area (Å²) < 4.78 is 26.9. The van der Waals surface area contributed by atoms with E-state index in [1.807, 2.05) is 35.9 Å². The molecule has 1 aliphatic carbocycles. The van der Waals surface area contributed by atoms with Crippen LogP contribution in [-0.4, -0.2) is 30.4 Å². The molecule has 7 nitrogen and oxygen atoms in total. The van der Waals surface area contributed by atoms with E-state index in [2.05, 4.69) is 15.1 Å². The number of nitrogens with zero attached hydrogens (tertiary/aromatic N) is 2. The molecule has 0 radical (unpaired) electrons. The number of aromatic nitrogens is 2. The Morgan fingerprint density at radius 3 is 2.31 bits per heavy atom. The predicted octanol–water partition coefficient (Wildman–Crippen LogP) is 3.29. The van der Waals surface area contributed by atoms with Gasteiger partial charge in [-0.1, -0.05) is 17.7 Å². The number of hydrogen-bond acceptors (Lipinski definition) is 4. The largest absolute Gasteiger partial charge is 0.321 e. The van der Waals surface area contributed by atoms with Gasteiger partial charge in [-0.15, -0.1) is 0 Å². The van der Waals surface area contributed by atoms with Gasteiger partial charge in [0.1, 0.15) is 0 Å². The zero-order valence-corrected chi connectivity index (χ0v) is 17.1. The van der Waals surface area contributed by atoms with Gasteiger partial charge in [-0.3, -0.25) is 9.52 Å². The molecule has 0 fully saturated rings. The van der Waals surface area contributed by atoms with Crippen LogP contribution in [0.5, 0.6) is 0 Å². The highest BCUT2D eigenvalue weighted by atomic mass is 32.2. The third-order valence-corrected chi connectivity index (χ3v) is 5.48. The lowest BCUT2D eigenvalue weighted by atomic mass is 10.2. The van der Waals surface area contributed by atoms with Crippen LogP contribution >= 0.6 is 0 Å². The van der Waals surface area contributed by atoms with Crippen LogP contribution in [0.25, 0.3) is 5.69 Å². The quantitative estimate of drug-likeness (QED) is 0.675. The summed E-state index contributed by atoms with van der Waals surface area (Å²) in [6, 6.07) is 14.6. The van der Waals surface area contributed by atoms with E-state index in [1.54, 1.807) is 24.3 Å². The van der Waals surface area contributed by atoms with Crippen LogP contribution in [0.4, 0.5) is 11.4 Å². The van der Waals surface area contributed by atoms with Crippen molar-refractivity contribution in [3.05, 3.63) is 71.0 Å². The fourth-order valence-corrected chi connectivity index (χ4v) is 4.11. The third kappa shape index (κ3) is 4.17. The molecular weight excluding hydrogens is 388 g/mol. The number of carbonyl (C=O) groups is 1. The zero-order valence-electron chi connectivity index (χ0n) is 16.3. The lowest BCUT2D eigenvalue weighted by molar-refractivity contribution is 0.102. The Morgan fingerprint density at radius 1 is 1.00 bits per heavy atom. The minimum absolute atomic E-state index is 0.266. The molecule has 0 spiro atoms. The van der Waals surface area contributed by atoms with Gasteiger partial charge >= 0.3 is 0 Å². The molecule has 0 aliphatic heterocycles. The van der Waals surface area contributed by atoms with Gasteiger partial charge in [-0.25, -0.2) is 13.1 Å². The lowest BCUT2D eigenvalue weighted by Crippen LogP contribution is -2.15. The summed E-state index contributed by atoms with van der Waals surface area (Å²) in [4.78, 5) is 12.9. The van der Waals surface area contributed by atoms with Crippen LogP contribution in [0, 0.1) is 6.92 Å². The smallest absolute Gasteiger partial charge is 0.276 e. The predicted molar refractivity (Wildman–Crippen MR) is 113 cm³/mol. The Morgan fingerprint density at radius 2 is 1.66 bits per heavy atom. The van der Waals surface area contributed by atoms with Gasteiger partial charge < -0.3 is 5.32 Å². The van der Waals surface area contributed by atoms with Crippen LogP contribution in [-0.2, 0) is 22.9 Å². The molecule has 0 unspecified atom stereocenters. The first-order valence-electron chi connectivity index (χ1n) is 9.37. The molecule has 2 N–H and O–H groups in total. The van der Waals surface area contributed by atoms with Crippen molar-refractivity contribution in [3.8, 4) is 5.69 Å². The Kier molecular flexibility index (Phi) is 4.87.